The summed E-state index contributed by atoms with van der Waals surface area (Å²) in [5.74, 6) is 0.534. The monoisotopic (exact) mass is 308 g/mol. The Balaban J connectivity index is 1.86. The molecule has 1 unspecified atom stereocenters. The summed E-state index contributed by atoms with van der Waals surface area (Å²) in [7, 11) is -1.37. The zero-order valence-corrected chi connectivity index (χ0v) is 12.7. The quantitative estimate of drug-likeness (QED) is 0.837. The Morgan fingerprint density at radius 2 is 2.19 bits per heavy atom. The Kier molecular flexibility index (Phi) is 3.24. The number of sulfone groups is 1. The molecule has 0 saturated carbocycles. The number of fused-ring (bicyclic) bond motifs is 1. The Morgan fingerprint density at radius 1 is 1.43 bits per heavy atom. The number of rotatable bonds is 2. The van der Waals surface area contributed by atoms with Gasteiger partial charge in [-0.15, -0.1) is 0 Å². The first-order chi connectivity index (χ1) is 9.85. The van der Waals surface area contributed by atoms with Crippen LogP contribution in [0, 0.1) is 6.92 Å². The summed E-state index contributed by atoms with van der Waals surface area (Å²) in [4.78, 5) is 18.2. The minimum atomic E-state index is -3.01. The summed E-state index contributed by atoms with van der Waals surface area (Å²) < 4.78 is 28.5. The molecule has 1 aliphatic rings. The summed E-state index contributed by atoms with van der Waals surface area (Å²) in [6, 6.07) is 4.82. The van der Waals surface area contributed by atoms with E-state index < -0.39 is 9.84 Å². The average Bonchev–Trinajstić information content (AvgIpc) is 2.97. The lowest BCUT2D eigenvalue weighted by molar-refractivity contribution is 0.0747. The molecular formula is C14H16N2O4S. The van der Waals surface area contributed by atoms with Gasteiger partial charge in [0.2, 0.25) is 0 Å². The molecule has 1 atom stereocenters. The van der Waals surface area contributed by atoms with E-state index in [0.29, 0.717) is 29.0 Å². The Hall–Kier alpha value is -1.89. The highest BCUT2D eigenvalue weighted by atomic mass is 32.2. The van der Waals surface area contributed by atoms with Crippen molar-refractivity contribution in [3.63, 3.8) is 0 Å². The first-order valence-electron chi connectivity index (χ1n) is 6.70. The van der Waals surface area contributed by atoms with Crippen molar-refractivity contribution in [3.05, 3.63) is 29.7 Å². The fourth-order valence-electron chi connectivity index (χ4n) is 2.62. The second kappa shape index (κ2) is 4.84. The topological polar surface area (TPSA) is 80.5 Å². The standard InChI is InChI=1S/C14H16N2O4S/c1-9-15-12-4-3-10(7-13(12)20-9)14(17)16(2)11-5-6-21(18,19)8-11/h3-4,7,11H,5-6,8H2,1-2H3. The zero-order valence-electron chi connectivity index (χ0n) is 11.9. The van der Waals surface area contributed by atoms with Crippen molar-refractivity contribution in [3.8, 4) is 0 Å². The van der Waals surface area contributed by atoms with Gasteiger partial charge in [-0.3, -0.25) is 4.79 Å². The van der Waals surface area contributed by atoms with E-state index in [0.717, 1.165) is 0 Å². The number of benzene rings is 1. The van der Waals surface area contributed by atoms with Crippen LogP contribution in [0.3, 0.4) is 0 Å². The van der Waals surface area contributed by atoms with E-state index in [2.05, 4.69) is 4.98 Å². The van der Waals surface area contributed by atoms with Gasteiger partial charge in [0, 0.05) is 25.6 Å². The highest BCUT2D eigenvalue weighted by Crippen LogP contribution is 2.21. The summed E-state index contributed by atoms with van der Waals surface area (Å²) in [5, 5.41) is 0. The molecule has 0 N–H and O–H groups in total. The van der Waals surface area contributed by atoms with E-state index in [1.54, 1.807) is 32.2 Å². The molecule has 2 aromatic rings. The van der Waals surface area contributed by atoms with E-state index in [-0.39, 0.29) is 23.5 Å². The molecule has 21 heavy (non-hydrogen) atoms. The molecule has 3 rings (SSSR count). The molecule has 0 bridgehead atoms. The minimum Gasteiger partial charge on any atom is -0.441 e. The number of hydrogen-bond acceptors (Lipinski definition) is 5. The molecule has 6 nitrogen and oxygen atoms in total. The molecule has 7 heteroatoms. The highest BCUT2D eigenvalue weighted by Gasteiger charge is 2.33. The van der Waals surface area contributed by atoms with Gasteiger partial charge >= 0.3 is 0 Å². The van der Waals surface area contributed by atoms with Gasteiger partial charge in [0.05, 0.1) is 11.5 Å². The summed E-state index contributed by atoms with van der Waals surface area (Å²) in [6.45, 7) is 1.75. The van der Waals surface area contributed by atoms with Crippen LogP contribution in [-0.4, -0.2) is 48.8 Å². The van der Waals surface area contributed by atoms with Gasteiger partial charge in [-0.1, -0.05) is 0 Å². The smallest absolute Gasteiger partial charge is 0.254 e. The van der Waals surface area contributed by atoms with E-state index in [4.69, 9.17) is 4.42 Å². The predicted octanol–water partition coefficient (Wildman–Crippen LogP) is 1.40. The Labute approximate surface area is 122 Å². The molecule has 0 radical (unpaired) electrons. The van der Waals surface area contributed by atoms with E-state index in [9.17, 15) is 13.2 Å². The van der Waals surface area contributed by atoms with Crippen LogP contribution in [0.25, 0.3) is 11.1 Å². The number of carbonyl (C=O) groups is 1. The van der Waals surface area contributed by atoms with E-state index >= 15 is 0 Å². The SMILES string of the molecule is Cc1nc2ccc(C(=O)N(C)C3CCS(=O)(=O)C3)cc2o1. The summed E-state index contributed by atoms with van der Waals surface area (Å²) in [6.07, 6.45) is 0.494. The van der Waals surface area contributed by atoms with Crippen LogP contribution in [0.15, 0.2) is 22.6 Å². The summed E-state index contributed by atoms with van der Waals surface area (Å²) >= 11 is 0. The Morgan fingerprint density at radius 3 is 2.86 bits per heavy atom. The maximum atomic E-state index is 12.5. The molecule has 1 saturated heterocycles. The first-order valence-corrected chi connectivity index (χ1v) is 8.53. The first kappa shape index (κ1) is 14.1. The molecule has 1 fully saturated rings. The Bertz CT molecular complexity index is 809. The van der Waals surface area contributed by atoms with Gasteiger partial charge in [-0.25, -0.2) is 13.4 Å². The molecular weight excluding hydrogens is 292 g/mol. The van der Waals surface area contributed by atoms with Crippen molar-refractivity contribution < 1.29 is 17.6 Å². The lowest BCUT2D eigenvalue weighted by Gasteiger charge is -2.23. The number of aryl methyl sites for hydroxylation is 1. The number of amides is 1. The van der Waals surface area contributed by atoms with Gasteiger partial charge in [-0.05, 0) is 24.6 Å². The lowest BCUT2D eigenvalue weighted by Crippen LogP contribution is -2.37. The third kappa shape index (κ3) is 2.65. The second-order valence-electron chi connectivity index (χ2n) is 5.39. The predicted molar refractivity (Wildman–Crippen MR) is 77.9 cm³/mol. The van der Waals surface area contributed by atoms with Crippen molar-refractivity contribution in [2.24, 2.45) is 0 Å². The number of nitrogens with zero attached hydrogens (tertiary/aromatic N) is 2. The fourth-order valence-corrected chi connectivity index (χ4v) is 4.40. The molecule has 0 aliphatic carbocycles. The van der Waals surface area contributed by atoms with Crippen LogP contribution in [0.4, 0.5) is 0 Å². The summed E-state index contributed by atoms with van der Waals surface area (Å²) in [5.41, 5.74) is 1.74. The van der Waals surface area contributed by atoms with Crippen molar-refractivity contribution >= 4 is 26.8 Å². The van der Waals surface area contributed by atoms with Crippen LogP contribution >= 0.6 is 0 Å². The van der Waals surface area contributed by atoms with E-state index in [1.165, 1.54) is 4.90 Å². The van der Waals surface area contributed by atoms with Gasteiger partial charge in [0.25, 0.3) is 5.91 Å². The maximum Gasteiger partial charge on any atom is 0.254 e. The molecule has 0 spiro atoms. The number of aromatic nitrogens is 1. The molecule has 1 aromatic heterocycles. The second-order valence-corrected chi connectivity index (χ2v) is 7.62. The highest BCUT2D eigenvalue weighted by molar-refractivity contribution is 7.91. The molecule has 1 amide bonds. The van der Waals surface area contributed by atoms with Gasteiger partial charge < -0.3 is 9.32 Å². The zero-order chi connectivity index (χ0) is 15.2. The third-order valence-corrected chi connectivity index (χ3v) is 5.57. The van der Waals surface area contributed by atoms with Gasteiger partial charge in [0.15, 0.2) is 21.3 Å². The van der Waals surface area contributed by atoms with Crippen LogP contribution in [0.2, 0.25) is 0 Å². The molecule has 112 valence electrons. The van der Waals surface area contributed by atoms with Crippen LogP contribution in [0.5, 0.6) is 0 Å². The van der Waals surface area contributed by atoms with Crippen molar-refractivity contribution in [2.75, 3.05) is 18.6 Å². The maximum absolute atomic E-state index is 12.5. The van der Waals surface area contributed by atoms with E-state index in [1.807, 2.05) is 0 Å². The third-order valence-electron chi connectivity index (χ3n) is 3.82. The normalized spacial score (nSPS) is 20.8. The van der Waals surface area contributed by atoms with Crippen molar-refractivity contribution in [1.82, 2.24) is 9.88 Å². The lowest BCUT2D eigenvalue weighted by atomic mass is 10.1. The van der Waals surface area contributed by atoms with Crippen LogP contribution < -0.4 is 0 Å². The van der Waals surface area contributed by atoms with Crippen molar-refractivity contribution in [1.29, 1.82) is 0 Å². The number of oxazole rings is 1. The molecule has 2 heterocycles. The van der Waals surface area contributed by atoms with Gasteiger partial charge in [0.1, 0.15) is 5.52 Å². The average molecular weight is 308 g/mol. The van der Waals surface area contributed by atoms with Crippen LogP contribution in [-0.2, 0) is 9.84 Å². The fraction of sp³-hybridized carbons (Fsp3) is 0.429. The minimum absolute atomic E-state index is 0.0406. The number of carbonyl (C=O) groups excluding carboxylic acids is 1. The molecule has 1 aliphatic heterocycles. The largest absolute Gasteiger partial charge is 0.441 e. The van der Waals surface area contributed by atoms with Crippen LogP contribution in [0.1, 0.15) is 22.7 Å². The van der Waals surface area contributed by atoms with Crippen molar-refractivity contribution in [2.45, 2.75) is 19.4 Å². The molecule has 1 aromatic carbocycles. The van der Waals surface area contributed by atoms with Gasteiger partial charge in [-0.2, -0.15) is 0 Å². The number of hydrogen-bond donors (Lipinski definition) is 0.